The molecule has 9 nitrogen and oxygen atoms in total. The molecule has 0 saturated heterocycles. The number of hydrogen-bond acceptors (Lipinski definition) is 7. The van der Waals surface area contributed by atoms with E-state index >= 15 is 0 Å². The number of nitro groups is 1. The quantitative estimate of drug-likeness (QED) is 0.273. The number of non-ortho nitro benzene ring substituents is 1. The molecule has 0 spiro atoms. The van der Waals surface area contributed by atoms with Gasteiger partial charge in [-0.2, -0.15) is 5.16 Å². The molecule has 1 aromatic heterocycles. The van der Waals surface area contributed by atoms with E-state index in [1.165, 1.54) is 35.2 Å². The molecule has 0 aliphatic rings. The fourth-order valence-corrected chi connectivity index (χ4v) is 2.35. The van der Waals surface area contributed by atoms with Crippen LogP contribution in [0, 0.1) is 20.4 Å². The minimum atomic E-state index is -4.94. The SMILES string of the molecule is CSc1[o+][n-]c(-c2ccc([N+](=O)[O-])cc2)[s+]1.[O-][Cl+3]([O-])([O-])[O-]. The average molecular weight is 355 g/mol. The minimum absolute atomic E-state index is 0.0716. The van der Waals surface area contributed by atoms with Gasteiger partial charge in [-0.1, -0.05) is 0 Å². The zero-order valence-electron chi connectivity index (χ0n) is 10.3. The van der Waals surface area contributed by atoms with Crippen LogP contribution in [0.25, 0.3) is 10.6 Å². The van der Waals surface area contributed by atoms with E-state index in [1.54, 1.807) is 12.1 Å². The van der Waals surface area contributed by atoms with E-state index in [2.05, 4.69) is 5.16 Å². The van der Waals surface area contributed by atoms with Gasteiger partial charge in [0, 0.05) is 35.7 Å². The Morgan fingerprint density at radius 3 is 2.14 bits per heavy atom. The highest BCUT2D eigenvalue weighted by Gasteiger charge is 2.23. The minimum Gasteiger partial charge on any atom is -0.258 e. The fourth-order valence-electron chi connectivity index (χ4n) is 1.11. The van der Waals surface area contributed by atoms with Crippen LogP contribution in [0.1, 0.15) is 0 Å². The first-order valence-electron chi connectivity index (χ1n) is 4.91. The van der Waals surface area contributed by atoms with E-state index in [0.29, 0.717) is 0 Å². The maximum Gasteiger partial charge on any atom is 0.636 e. The van der Waals surface area contributed by atoms with Gasteiger partial charge < -0.3 is 0 Å². The van der Waals surface area contributed by atoms with Gasteiger partial charge in [0.25, 0.3) is 5.69 Å². The van der Waals surface area contributed by atoms with E-state index in [9.17, 15) is 10.1 Å². The third kappa shape index (κ3) is 6.77. The zero-order chi connectivity index (χ0) is 16.0. The van der Waals surface area contributed by atoms with Crippen molar-refractivity contribution in [1.29, 1.82) is 0 Å². The number of halogens is 1. The lowest BCUT2D eigenvalue weighted by molar-refractivity contribution is -2.00. The van der Waals surface area contributed by atoms with Crippen LogP contribution in [0.15, 0.2) is 33.2 Å². The molecule has 2 aromatic rings. The molecule has 114 valence electrons. The van der Waals surface area contributed by atoms with Gasteiger partial charge in [-0.05, 0) is 12.1 Å². The summed E-state index contributed by atoms with van der Waals surface area (Å²) in [6.45, 7) is 0. The molecule has 0 amide bonds. The lowest BCUT2D eigenvalue weighted by Gasteiger charge is -2.17. The lowest BCUT2D eigenvalue weighted by atomic mass is 10.2. The third-order valence-corrected chi connectivity index (χ3v) is 3.78. The van der Waals surface area contributed by atoms with E-state index in [0.717, 1.165) is 15.0 Å². The second-order valence-electron chi connectivity index (χ2n) is 3.23. The van der Waals surface area contributed by atoms with Crippen molar-refractivity contribution >= 4 is 28.8 Å². The second kappa shape index (κ2) is 7.61. The van der Waals surface area contributed by atoms with Crippen LogP contribution in [0.3, 0.4) is 0 Å². The van der Waals surface area contributed by atoms with E-state index in [-0.39, 0.29) is 5.69 Å². The molecule has 0 aliphatic carbocycles. The van der Waals surface area contributed by atoms with Crippen LogP contribution in [0.2, 0.25) is 0 Å². The normalized spacial score (nSPS) is 10.7. The molecule has 2 rings (SSSR count). The molecule has 0 radical (unpaired) electrons. The molecule has 1 heterocycles. The largest absolute Gasteiger partial charge is 0.636 e. The van der Waals surface area contributed by atoms with Crippen LogP contribution in [0.4, 0.5) is 5.69 Å². The summed E-state index contributed by atoms with van der Waals surface area (Å²) in [5.74, 6) is 0. The summed E-state index contributed by atoms with van der Waals surface area (Å²) in [5.41, 5.74) is 0.891. The first kappa shape index (κ1) is 17.7. The smallest absolute Gasteiger partial charge is 0.258 e. The predicted molar refractivity (Wildman–Crippen MR) is 62.6 cm³/mol. The van der Waals surface area contributed by atoms with Crippen LogP contribution in [0.5, 0.6) is 0 Å². The molecule has 0 aliphatic heterocycles. The topological polar surface area (TPSA) is 161 Å². The molecule has 0 saturated carbocycles. The maximum absolute atomic E-state index is 10.5. The highest BCUT2D eigenvalue weighted by Crippen LogP contribution is 2.30. The van der Waals surface area contributed by atoms with Gasteiger partial charge in [0.1, 0.15) is 0 Å². The Morgan fingerprint density at radius 1 is 1.24 bits per heavy atom. The third-order valence-electron chi connectivity index (χ3n) is 1.87. The van der Waals surface area contributed by atoms with Crippen molar-refractivity contribution in [3.63, 3.8) is 0 Å². The molecule has 1 aromatic carbocycles. The van der Waals surface area contributed by atoms with Crippen molar-refractivity contribution in [2.45, 2.75) is 4.41 Å². The average Bonchev–Trinajstić information content (AvgIpc) is 2.85. The Morgan fingerprint density at radius 2 is 1.76 bits per heavy atom. The number of benzene rings is 1. The van der Waals surface area contributed by atoms with Crippen LogP contribution >= 0.6 is 23.1 Å². The molecular formula is C9H7ClN2O7S2. The second-order valence-corrected chi connectivity index (χ2v) is 5.98. The predicted octanol–water partition coefficient (Wildman–Crippen LogP) is -1.60. The highest BCUT2D eigenvalue weighted by molar-refractivity contribution is 8.00. The van der Waals surface area contributed by atoms with Crippen LogP contribution in [-0.4, -0.2) is 11.2 Å². The Hall–Kier alpha value is -1.34. The molecule has 12 heteroatoms. The first-order valence-corrected chi connectivity index (χ1v) is 8.18. The number of nitro benzene ring substituents is 1. The summed E-state index contributed by atoms with van der Waals surface area (Å²) in [4.78, 5) is 10.0. The summed E-state index contributed by atoms with van der Waals surface area (Å²) in [7, 11) is -4.94. The Bertz CT molecular complexity index is 593. The van der Waals surface area contributed by atoms with Gasteiger partial charge in [0.15, 0.2) is 0 Å². The lowest BCUT2D eigenvalue weighted by Crippen LogP contribution is -2.68. The standard InChI is InChI=1S/C9H7N2O3S2.ClHO4/c1-15-9-14-10-8(16-9)6-2-4-7(5-3-6)11(12)13;2-1(3,4)5/h2-5H,1H3;(H,2,3,4,5)/q+1;/p-1. The molecule has 0 N–H and O–H groups in total. The summed E-state index contributed by atoms with van der Waals surface area (Å²) < 4.78 is 39.8. The van der Waals surface area contributed by atoms with Gasteiger partial charge in [-0.15, -0.1) is 10.2 Å². The number of nitrogens with zero attached hydrogens (tertiary/aromatic N) is 2. The van der Waals surface area contributed by atoms with E-state index in [4.69, 9.17) is 23.2 Å². The zero-order valence-corrected chi connectivity index (χ0v) is 12.6. The Balaban J connectivity index is 0.000000383. The van der Waals surface area contributed by atoms with Crippen molar-refractivity contribution in [3.05, 3.63) is 34.4 Å². The fraction of sp³-hybridized carbons (Fsp3) is 0.111. The summed E-state index contributed by atoms with van der Waals surface area (Å²) in [6, 6.07) is 6.23. The van der Waals surface area contributed by atoms with Gasteiger partial charge in [0.2, 0.25) is 5.01 Å². The number of thioether (sulfide) groups is 1. The van der Waals surface area contributed by atoms with Crippen LogP contribution in [-0.2, 0) is 0 Å². The molecular weight excluding hydrogens is 348 g/mol. The van der Waals surface area contributed by atoms with Crippen molar-refractivity contribution in [1.82, 2.24) is 5.16 Å². The molecule has 0 atom stereocenters. The van der Waals surface area contributed by atoms with Crippen molar-refractivity contribution in [3.8, 4) is 10.6 Å². The van der Waals surface area contributed by atoms with Gasteiger partial charge >= 0.3 is 15.7 Å². The molecule has 0 bridgehead atoms. The molecule has 0 fully saturated rings. The van der Waals surface area contributed by atoms with Crippen molar-refractivity contribution in [2.75, 3.05) is 6.26 Å². The highest BCUT2D eigenvalue weighted by atomic mass is 35.7. The van der Waals surface area contributed by atoms with E-state index < -0.39 is 15.2 Å². The number of aromatic nitrogens is 1. The Labute approximate surface area is 128 Å². The number of rotatable bonds is 3. The maximum atomic E-state index is 10.5. The molecule has 21 heavy (non-hydrogen) atoms. The molecule has 0 unspecified atom stereocenters. The number of hydrogen-bond donors (Lipinski definition) is 0. The summed E-state index contributed by atoms with van der Waals surface area (Å²) >= 11 is 2.89. The van der Waals surface area contributed by atoms with Crippen molar-refractivity contribution in [2.24, 2.45) is 0 Å². The summed E-state index contributed by atoms with van der Waals surface area (Å²) in [6.07, 6.45) is 1.90. The summed E-state index contributed by atoms with van der Waals surface area (Å²) in [5, 5.41) is 15.1. The van der Waals surface area contributed by atoms with Gasteiger partial charge in [-0.25, -0.2) is 23.2 Å². The first-order chi connectivity index (χ1) is 9.70. The van der Waals surface area contributed by atoms with Gasteiger partial charge in [-0.3, -0.25) is 10.1 Å². The van der Waals surface area contributed by atoms with Crippen LogP contribution < -0.4 is 23.8 Å². The van der Waals surface area contributed by atoms with Crippen molar-refractivity contribution < 1.29 is 38.3 Å². The monoisotopic (exact) mass is 354 g/mol. The Kier molecular flexibility index (Phi) is 6.42. The van der Waals surface area contributed by atoms with E-state index in [1.807, 2.05) is 6.26 Å². The van der Waals surface area contributed by atoms with Gasteiger partial charge in [0.05, 0.1) is 4.92 Å².